The first-order chi connectivity index (χ1) is 9.28. The molecule has 0 unspecified atom stereocenters. The van der Waals surface area contributed by atoms with Gasteiger partial charge in [-0.2, -0.15) is 0 Å². The molecule has 2 aliphatic heterocycles. The summed E-state index contributed by atoms with van der Waals surface area (Å²) < 4.78 is 12.1. The first-order valence-corrected chi connectivity index (χ1v) is 7.12. The van der Waals surface area contributed by atoms with E-state index >= 15 is 0 Å². The molecule has 3 rings (SSSR count). The van der Waals surface area contributed by atoms with E-state index < -0.39 is 7.12 Å². The smallest absolute Gasteiger partial charge is 0.398 e. The van der Waals surface area contributed by atoms with Crippen molar-refractivity contribution < 1.29 is 9.31 Å². The van der Waals surface area contributed by atoms with Crippen LogP contribution in [0.5, 0.6) is 0 Å². The van der Waals surface area contributed by atoms with Crippen LogP contribution in [0.15, 0.2) is 12.1 Å². The van der Waals surface area contributed by atoms with E-state index in [-0.39, 0.29) is 11.2 Å². The van der Waals surface area contributed by atoms with Gasteiger partial charge in [-0.15, -0.1) is 0 Å². The van der Waals surface area contributed by atoms with Crippen LogP contribution in [-0.4, -0.2) is 36.4 Å². The molecule has 3 N–H and O–H groups in total. The van der Waals surface area contributed by atoms with E-state index in [1.165, 1.54) is 5.56 Å². The number of anilines is 1. The number of rotatable bonds is 2. The van der Waals surface area contributed by atoms with Gasteiger partial charge in [-0.25, -0.2) is 4.98 Å². The minimum atomic E-state index is -0.449. The van der Waals surface area contributed by atoms with E-state index in [0.717, 1.165) is 18.7 Å². The molecule has 108 valence electrons. The highest BCUT2D eigenvalue weighted by Gasteiger charge is 2.52. The lowest BCUT2D eigenvalue weighted by Crippen LogP contribution is -2.42. The molecule has 0 saturated carbocycles. The lowest BCUT2D eigenvalue weighted by atomic mass is 9.81. The second kappa shape index (κ2) is 4.45. The maximum atomic E-state index is 6.04. The van der Waals surface area contributed by atoms with Gasteiger partial charge in [0.05, 0.1) is 16.8 Å². The normalized spacial score (nSPS) is 24.7. The van der Waals surface area contributed by atoms with Crippen LogP contribution in [0.25, 0.3) is 0 Å². The van der Waals surface area contributed by atoms with Crippen LogP contribution in [-0.2, 0) is 9.31 Å². The predicted molar refractivity (Wildman–Crippen MR) is 80.0 cm³/mol. The van der Waals surface area contributed by atoms with Gasteiger partial charge in [0, 0.05) is 19.0 Å². The van der Waals surface area contributed by atoms with Gasteiger partial charge in [0.2, 0.25) is 0 Å². The maximum Gasteiger partial charge on any atom is 0.514 e. The SMILES string of the molecule is CC1(C)OB(c2cc(C3CNC3)cc(N)n2)OC1(C)C. The maximum absolute atomic E-state index is 6.04. The summed E-state index contributed by atoms with van der Waals surface area (Å²) in [6, 6.07) is 4.00. The van der Waals surface area contributed by atoms with Crippen LogP contribution >= 0.6 is 0 Å². The van der Waals surface area contributed by atoms with Crippen LogP contribution in [0.2, 0.25) is 0 Å². The Kier molecular flexibility index (Phi) is 3.08. The highest BCUT2D eigenvalue weighted by atomic mass is 16.7. The summed E-state index contributed by atoms with van der Waals surface area (Å²) in [5.74, 6) is 1.04. The second-order valence-corrected chi connectivity index (χ2v) is 6.69. The van der Waals surface area contributed by atoms with Crippen molar-refractivity contribution in [2.75, 3.05) is 18.8 Å². The summed E-state index contributed by atoms with van der Waals surface area (Å²) in [6.45, 7) is 10.1. The second-order valence-electron chi connectivity index (χ2n) is 6.69. The van der Waals surface area contributed by atoms with Crippen molar-refractivity contribution in [3.63, 3.8) is 0 Å². The van der Waals surface area contributed by atoms with Gasteiger partial charge in [-0.1, -0.05) is 0 Å². The van der Waals surface area contributed by atoms with E-state index in [1.54, 1.807) is 0 Å². The Morgan fingerprint density at radius 1 is 1.20 bits per heavy atom. The largest absolute Gasteiger partial charge is 0.514 e. The monoisotopic (exact) mass is 275 g/mol. The number of hydrogen-bond acceptors (Lipinski definition) is 5. The molecule has 1 aromatic heterocycles. The third kappa shape index (κ3) is 2.22. The Morgan fingerprint density at radius 3 is 2.30 bits per heavy atom. The number of nitrogens with zero attached hydrogens (tertiary/aromatic N) is 1. The van der Waals surface area contributed by atoms with Crippen LogP contribution in [0.1, 0.15) is 39.2 Å². The van der Waals surface area contributed by atoms with E-state index in [4.69, 9.17) is 15.0 Å². The van der Waals surface area contributed by atoms with Gasteiger partial charge in [0.15, 0.2) is 0 Å². The first kappa shape index (κ1) is 13.9. The molecule has 2 aliphatic rings. The molecule has 1 aromatic rings. The molecule has 5 nitrogen and oxygen atoms in total. The number of hydrogen-bond donors (Lipinski definition) is 2. The van der Waals surface area contributed by atoms with Crippen molar-refractivity contribution in [1.29, 1.82) is 0 Å². The molecule has 0 aliphatic carbocycles. The quantitative estimate of drug-likeness (QED) is 0.776. The van der Waals surface area contributed by atoms with Crippen molar-refractivity contribution >= 4 is 18.5 Å². The molecule has 0 spiro atoms. The minimum Gasteiger partial charge on any atom is -0.398 e. The van der Waals surface area contributed by atoms with Gasteiger partial charge >= 0.3 is 7.12 Å². The van der Waals surface area contributed by atoms with Crippen LogP contribution in [0, 0.1) is 0 Å². The molecule has 3 heterocycles. The Labute approximate surface area is 120 Å². The molecule has 0 radical (unpaired) electrons. The van der Waals surface area contributed by atoms with Crippen molar-refractivity contribution in [3.8, 4) is 0 Å². The molecule has 2 saturated heterocycles. The molecule has 0 atom stereocenters. The zero-order valence-corrected chi connectivity index (χ0v) is 12.6. The molecule has 6 heteroatoms. The molecule has 2 fully saturated rings. The van der Waals surface area contributed by atoms with Gasteiger partial charge in [-0.3, -0.25) is 0 Å². The van der Waals surface area contributed by atoms with E-state index in [1.807, 2.05) is 33.8 Å². The average Bonchev–Trinajstić information content (AvgIpc) is 2.45. The highest BCUT2D eigenvalue weighted by molar-refractivity contribution is 6.61. The molecular weight excluding hydrogens is 253 g/mol. The van der Waals surface area contributed by atoms with Crippen LogP contribution in [0.4, 0.5) is 5.82 Å². The lowest BCUT2D eigenvalue weighted by Gasteiger charge is -2.32. The topological polar surface area (TPSA) is 69.4 Å². The molecule has 0 bridgehead atoms. The molecule has 20 heavy (non-hydrogen) atoms. The van der Waals surface area contributed by atoms with E-state index in [9.17, 15) is 0 Å². The lowest BCUT2D eigenvalue weighted by molar-refractivity contribution is 0.00578. The molecular formula is C14H22BN3O2. The average molecular weight is 275 g/mol. The zero-order valence-electron chi connectivity index (χ0n) is 12.6. The Balaban J connectivity index is 1.89. The fourth-order valence-corrected chi connectivity index (χ4v) is 2.44. The van der Waals surface area contributed by atoms with Crippen molar-refractivity contribution in [3.05, 3.63) is 17.7 Å². The van der Waals surface area contributed by atoms with Gasteiger partial charge in [-0.05, 0) is 45.4 Å². The predicted octanol–water partition coefficient (Wildman–Crippen LogP) is 0.650. The van der Waals surface area contributed by atoms with Gasteiger partial charge in [0.25, 0.3) is 0 Å². The molecule has 0 amide bonds. The number of aromatic nitrogens is 1. The Morgan fingerprint density at radius 2 is 1.80 bits per heavy atom. The third-order valence-corrected chi connectivity index (χ3v) is 4.63. The van der Waals surface area contributed by atoms with E-state index in [2.05, 4.69) is 16.4 Å². The molecule has 0 aromatic carbocycles. The fraction of sp³-hybridized carbons (Fsp3) is 0.643. The number of nitrogens with one attached hydrogen (secondary N) is 1. The summed E-state index contributed by atoms with van der Waals surface area (Å²) in [7, 11) is -0.449. The number of nitrogens with two attached hydrogens (primary N) is 1. The Hall–Kier alpha value is -1.11. The first-order valence-electron chi connectivity index (χ1n) is 7.12. The Bertz CT molecular complexity index is 513. The van der Waals surface area contributed by atoms with Gasteiger partial charge < -0.3 is 20.4 Å². The van der Waals surface area contributed by atoms with Gasteiger partial charge in [0.1, 0.15) is 5.82 Å². The fourth-order valence-electron chi connectivity index (χ4n) is 2.44. The number of pyridine rings is 1. The summed E-state index contributed by atoms with van der Waals surface area (Å²) >= 11 is 0. The van der Waals surface area contributed by atoms with Crippen molar-refractivity contribution in [2.45, 2.75) is 44.8 Å². The van der Waals surface area contributed by atoms with Crippen LogP contribution < -0.4 is 16.6 Å². The minimum absolute atomic E-state index is 0.359. The summed E-state index contributed by atoms with van der Waals surface area (Å²) in [4.78, 5) is 4.40. The summed E-state index contributed by atoms with van der Waals surface area (Å²) in [5, 5.41) is 3.27. The number of nitrogen functional groups attached to an aromatic ring is 1. The van der Waals surface area contributed by atoms with E-state index in [0.29, 0.717) is 11.7 Å². The summed E-state index contributed by atoms with van der Waals surface area (Å²) in [6.07, 6.45) is 0. The van der Waals surface area contributed by atoms with Crippen molar-refractivity contribution in [2.24, 2.45) is 0 Å². The standard InChI is InChI=1S/C14H22BN3O2/c1-13(2)14(3,4)20-15(19-13)11-5-9(6-12(16)18-11)10-7-17-8-10/h5-6,10,17H,7-8H2,1-4H3,(H2,16,18). The van der Waals surface area contributed by atoms with Crippen molar-refractivity contribution in [1.82, 2.24) is 10.3 Å². The summed E-state index contributed by atoms with van der Waals surface area (Å²) in [5.41, 5.74) is 7.20. The zero-order chi connectivity index (χ0) is 14.5. The third-order valence-electron chi connectivity index (χ3n) is 4.63. The van der Waals surface area contributed by atoms with Crippen LogP contribution in [0.3, 0.4) is 0 Å². The highest BCUT2D eigenvalue weighted by Crippen LogP contribution is 2.36.